The Hall–Kier alpha value is -0.300. The second-order valence-corrected chi connectivity index (χ2v) is 2.00. The number of hydrogen-bond donors (Lipinski definition) is 0. The summed E-state index contributed by atoms with van der Waals surface area (Å²) in [7, 11) is 0. The van der Waals surface area contributed by atoms with Gasteiger partial charge in [0, 0.05) is 0 Å². The summed E-state index contributed by atoms with van der Waals surface area (Å²) in [5.74, 6) is 0. The van der Waals surface area contributed by atoms with E-state index in [2.05, 4.69) is 18.6 Å². The smallest absolute Gasteiger partial charge is 0.0797 e. The van der Waals surface area contributed by atoms with Crippen LogP contribution in [0.3, 0.4) is 0 Å². The Morgan fingerprint density at radius 2 is 2.43 bits per heavy atom. The van der Waals surface area contributed by atoms with Gasteiger partial charge in [-0.3, -0.25) is 0 Å². The van der Waals surface area contributed by atoms with E-state index in [-0.39, 0.29) is 0 Å². The Bertz CT molecular complexity index is 94.7. The highest BCUT2D eigenvalue weighted by molar-refractivity contribution is 5.14. The number of fused-ring (bicyclic) bond motifs is 2. The lowest BCUT2D eigenvalue weighted by molar-refractivity contribution is 0.127. The van der Waals surface area contributed by atoms with Gasteiger partial charge in [-0.1, -0.05) is 12.2 Å². The molecule has 1 nitrogen and oxygen atoms in total. The van der Waals surface area contributed by atoms with Crippen LogP contribution in [0.25, 0.3) is 0 Å². The quantitative estimate of drug-likeness (QED) is 0.406. The first-order valence-corrected chi connectivity index (χ1v) is 2.62. The highest BCUT2D eigenvalue weighted by Gasteiger charge is 2.26. The minimum Gasteiger partial charge on any atom is -0.367 e. The zero-order valence-corrected chi connectivity index (χ0v) is 4.00. The molecule has 0 aromatic rings. The SMILES string of the molecule is [CH]1CC2C=CC1O2. The van der Waals surface area contributed by atoms with Gasteiger partial charge in [-0.2, -0.15) is 0 Å². The molecular formula is C6H7O. The van der Waals surface area contributed by atoms with Gasteiger partial charge >= 0.3 is 0 Å². The van der Waals surface area contributed by atoms with E-state index in [9.17, 15) is 0 Å². The van der Waals surface area contributed by atoms with Gasteiger partial charge in [-0.05, 0) is 12.8 Å². The van der Waals surface area contributed by atoms with Crippen molar-refractivity contribution in [2.24, 2.45) is 0 Å². The minimum atomic E-state index is 0.366. The van der Waals surface area contributed by atoms with Gasteiger partial charge in [-0.15, -0.1) is 0 Å². The van der Waals surface area contributed by atoms with Gasteiger partial charge in [0.1, 0.15) is 0 Å². The third-order valence-electron chi connectivity index (χ3n) is 1.45. The van der Waals surface area contributed by atoms with Crippen LogP contribution < -0.4 is 0 Å². The molecule has 0 aromatic carbocycles. The molecule has 2 aliphatic heterocycles. The molecule has 1 radical (unpaired) electrons. The third kappa shape index (κ3) is 0.416. The first kappa shape index (κ1) is 3.67. The Morgan fingerprint density at radius 3 is 2.57 bits per heavy atom. The van der Waals surface area contributed by atoms with Gasteiger partial charge in [-0.25, -0.2) is 0 Å². The lowest BCUT2D eigenvalue weighted by Crippen LogP contribution is -1.95. The topological polar surface area (TPSA) is 9.23 Å². The minimum absolute atomic E-state index is 0.366. The van der Waals surface area contributed by atoms with Crippen LogP contribution in [-0.4, -0.2) is 12.2 Å². The van der Waals surface area contributed by atoms with Crippen molar-refractivity contribution in [2.45, 2.75) is 18.6 Å². The van der Waals surface area contributed by atoms with Crippen molar-refractivity contribution >= 4 is 0 Å². The van der Waals surface area contributed by atoms with Gasteiger partial charge in [0.2, 0.25) is 0 Å². The lowest BCUT2D eigenvalue weighted by Gasteiger charge is -1.93. The monoisotopic (exact) mass is 95.0 g/mol. The molecule has 2 bridgehead atoms. The average Bonchev–Trinajstić information content (AvgIpc) is 2.22. The van der Waals surface area contributed by atoms with Crippen LogP contribution in [-0.2, 0) is 4.74 Å². The zero-order chi connectivity index (χ0) is 4.69. The van der Waals surface area contributed by atoms with E-state index in [1.807, 2.05) is 0 Å². The molecule has 0 N–H and O–H groups in total. The molecule has 2 unspecified atom stereocenters. The Labute approximate surface area is 43.0 Å². The first-order valence-electron chi connectivity index (χ1n) is 2.62. The van der Waals surface area contributed by atoms with E-state index in [1.165, 1.54) is 0 Å². The highest BCUT2D eigenvalue weighted by atomic mass is 16.5. The molecule has 2 heterocycles. The second-order valence-electron chi connectivity index (χ2n) is 2.00. The summed E-state index contributed by atoms with van der Waals surface area (Å²) in [5, 5.41) is 0. The van der Waals surface area contributed by atoms with Crippen LogP contribution >= 0.6 is 0 Å². The van der Waals surface area contributed by atoms with Crippen LogP contribution in [0.2, 0.25) is 0 Å². The predicted molar refractivity (Wildman–Crippen MR) is 26.7 cm³/mol. The molecule has 37 valence electrons. The van der Waals surface area contributed by atoms with Crippen LogP contribution in [0.4, 0.5) is 0 Å². The van der Waals surface area contributed by atoms with Gasteiger partial charge in [0.05, 0.1) is 12.2 Å². The van der Waals surface area contributed by atoms with Crippen LogP contribution in [0, 0.1) is 6.42 Å². The van der Waals surface area contributed by atoms with Crippen molar-refractivity contribution in [3.8, 4) is 0 Å². The maximum absolute atomic E-state index is 5.31. The normalized spacial score (nSPS) is 45.7. The largest absolute Gasteiger partial charge is 0.367 e. The molecular weight excluding hydrogens is 88.1 g/mol. The average molecular weight is 95.1 g/mol. The summed E-state index contributed by atoms with van der Waals surface area (Å²) in [5.41, 5.74) is 0. The van der Waals surface area contributed by atoms with Crippen molar-refractivity contribution in [3.63, 3.8) is 0 Å². The molecule has 1 saturated heterocycles. The van der Waals surface area contributed by atoms with E-state index in [1.54, 1.807) is 0 Å². The highest BCUT2D eigenvalue weighted by Crippen LogP contribution is 2.26. The Kier molecular flexibility index (Phi) is 0.577. The van der Waals surface area contributed by atoms with Crippen LogP contribution in [0.5, 0.6) is 0 Å². The molecule has 0 aromatic heterocycles. The summed E-state index contributed by atoms with van der Waals surface area (Å²) in [4.78, 5) is 0. The third-order valence-corrected chi connectivity index (χ3v) is 1.45. The maximum Gasteiger partial charge on any atom is 0.0797 e. The number of rotatable bonds is 0. The second kappa shape index (κ2) is 1.10. The fraction of sp³-hybridized carbons (Fsp3) is 0.500. The van der Waals surface area contributed by atoms with E-state index < -0.39 is 0 Å². The molecule has 0 spiro atoms. The summed E-state index contributed by atoms with van der Waals surface area (Å²) in [6.45, 7) is 0. The molecule has 1 heteroatoms. The lowest BCUT2D eigenvalue weighted by atomic mass is 10.1. The van der Waals surface area contributed by atoms with E-state index >= 15 is 0 Å². The molecule has 2 aliphatic rings. The van der Waals surface area contributed by atoms with Gasteiger partial charge in [0.15, 0.2) is 0 Å². The van der Waals surface area contributed by atoms with Crippen molar-refractivity contribution in [2.75, 3.05) is 0 Å². The standard InChI is InChI=1S/C6H7O/c1-2-6-4-3-5(1)7-6/h1-3,5-6H,4H2. The Balaban J connectivity index is 2.27. The zero-order valence-electron chi connectivity index (χ0n) is 4.00. The Morgan fingerprint density at radius 1 is 1.43 bits per heavy atom. The van der Waals surface area contributed by atoms with Crippen molar-refractivity contribution < 1.29 is 4.74 Å². The number of ether oxygens (including phenoxy) is 1. The molecule has 7 heavy (non-hydrogen) atoms. The van der Waals surface area contributed by atoms with E-state index in [0.29, 0.717) is 12.2 Å². The van der Waals surface area contributed by atoms with Crippen molar-refractivity contribution in [3.05, 3.63) is 18.6 Å². The van der Waals surface area contributed by atoms with E-state index in [4.69, 9.17) is 4.74 Å². The van der Waals surface area contributed by atoms with Crippen LogP contribution in [0.1, 0.15) is 6.42 Å². The van der Waals surface area contributed by atoms with E-state index in [0.717, 1.165) is 6.42 Å². The molecule has 0 aliphatic carbocycles. The van der Waals surface area contributed by atoms with Crippen molar-refractivity contribution in [1.82, 2.24) is 0 Å². The molecule has 0 saturated carbocycles. The predicted octanol–water partition coefficient (Wildman–Crippen LogP) is 0.918. The summed E-state index contributed by atoms with van der Waals surface area (Å²) < 4.78 is 5.31. The first-order chi connectivity index (χ1) is 3.45. The summed E-state index contributed by atoms with van der Waals surface area (Å²) >= 11 is 0. The summed E-state index contributed by atoms with van der Waals surface area (Å²) in [6.07, 6.45) is 8.36. The molecule has 0 amide bonds. The van der Waals surface area contributed by atoms with Gasteiger partial charge in [0.25, 0.3) is 0 Å². The fourth-order valence-electron chi connectivity index (χ4n) is 1.06. The maximum atomic E-state index is 5.31. The molecule has 1 fully saturated rings. The van der Waals surface area contributed by atoms with Crippen LogP contribution in [0.15, 0.2) is 12.2 Å². The molecule has 2 atom stereocenters. The molecule has 2 rings (SSSR count). The fourth-order valence-corrected chi connectivity index (χ4v) is 1.06. The number of hydrogen-bond acceptors (Lipinski definition) is 1. The van der Waals surface area contributed by atoms with Gasteiger partial charge < -0.3 is 4.74 Å². The summed E-state index contributed by atoms with van der Waals surface area (Å²) in [6, 6.07) is 0. The van der Waals surface area contributed by atoms with Crippen molar-refractivity contribution in [1.29, 1.82) is 0 Å².